The third-order valence-electron chi connectivity index (χ3n) is 5.25. The fraction of sp³-hybridized carbons (Fsp3) is 0.889. The number of allylic oxidation sites excluding steroid dienone is 2. The van der Waals surface area contributed by atoms with E-state index in [1.807, 2.05) is 0 Å². The summed E-state index contributed by atoms with van der Waals surface area (Å²) in [4.78, 5) is 0. The van der Waals surface area contributed by atoms with E-state index in [9.17, 15) is 0 Å². The lowest BCUT2D eigenvalue weighted by Crippen LogP contribution is -2.28. The van der Waals surface area contributed by atoms with Crippen LogP contribution in [0.25, 0.3) is 0 Å². The number of ether oxygens (including phenoxy) is 1. The fourth-order valence-electron chi connectivity index (χ4n) is 4.10. The first-order valence-corrected chi connectivity index (χ1v) is 8.61. The van der Waals surface area contributed by atoms with Crippen molar-refractivity contribution in [1.82, 2.24) is 0 Å². The molecule has 2 aliphatic rings. The van der Waals surface area contributed by atoms with E-state index in [0.29, 0.717) is 6.10 Å². The van der Waals surface area contributed by atoms with Gasteiger partial charge in [0.05, 0.1) is 6.10 Å². The number of hydrogen-bond donors (Lipinski definition) is 0. The SMILES string of the molecule is CCC=CC1CCC(C2CCC(OCC)CC2)CC1. The Labute approximate surface area is 119 Å². The second-order valence-electron chi connectivity index (χ2n) is 6.50. The van der Waals surface area contributed by atoms with Gasteiger partial charge in [0.15, 0.2) is 0 Å². The van der Waals surface area contributed by atoms with Crippen molar-refractivity contribution in [3.63, 3.8) is 0 Å². The molecule has 19 heavy (non-hydrogen) atoms. The zero-order valence-corrected chi connectivity index (χ0v) is 12.9. The molecular weight excluding hydrogens is 232 g/mol. The van der Waals surface area contributed by atoms with Crippen LogP contribution in [0, 0.1) is 17.8 Å². The number of rotatable bonds is 5. The molecule has 110 valence electrons. The lowest BCUT2D eigenvalue weighted by Gasteiger charge is -2.37. The van der Waals surface area contributed by atoms with Gasteiger partial charge in [-0.2, -0.15) is 0 Å². The minimum Gasteiger partial charge on any atom is -0.379 e. The van der Waals surface area contributed by atoms with Gasteiger partial charge in [-0.25, -0.2) is 0 Å². The van der Waals surface area contributed by atoms with Crippen LogP contribution in [-0.2, 0) is 4.74 Å². The Morgan fingerprint density at radius 1 is 0.842 bits per heavy atom. The van der Waals surface area contributed by atoms with Gasteiger partial charge in [-0.05, 0) is 82.5 Å². The molecular formula is C18H32O. The van der Waals surface area contributed by atoms with E-state index in [1.54, 1.807) is 0 Å². The highest BCUT2D eigenvalue weighted by molar-refractivity contribution is 4.92. The molecule has 0 bridgehead atoms. The minimum atomic E-state index is 0.574. The van der Waals surface area contributed by atoms with Crippen molar-refractivity contribution in [2.75, 3.05) is 6.61 Å². The first-order valence-electron chi connectivity index (χ1n) is 8.61. The molecule has 1 heteroatoms. The topological polar surface area (TPSA) is 9.23 Å². The monoisotopic (exact) mass is 264 g/mol. The summed E-state index contributed by atoms with van der Waals surface area (Å²) in [5, 5.41) is 0. The summed E-state index contributed by atoms with van der Waals surface area (Å²) in [6.45, 7) is 5.25. The molecule has 0 spiro atoms. The van der Waals surface area contributed by atoms with Gasteiger partial charge in [0.1, 0.15) is 0 Å². The van der Waals surface area contributed by atoms with E-state index in [-0.39, 0.29) is 0 Å². The molecule has 0 saturated heterocycles. The lowest BCUT2D eigenvalue weighted by molar-refractivity contribution is 0.0142. The summed E-state index contributed by atoms with van der Waals surface area (Å²) in [5.74, 6) is 2.91. The Kier molecular flexibility index (Phi) is 6.43. The van der Waals surface area contributed by atoms with Gasteiger partial charge in [-0.1, -0.05) is 19.1 Å². The molecule has 0 atom stereocenters. The molecule has 1 nitrogen and oxygen atoms in total. The van der Waals surface area contributed by atoms with Crippen molar-refractivity contribution >= 4 is 0 Å². The Morgan fingerprint density at radius 2 is 1.42 bits per heavy atom. The van der Waals surface area contributed by atoms with Crippen LogP contribution in [0.15, 0.2) is 12.2 Å². The maximum Gasteiger partial charge on any atom is 0.0575 e. The zero-order chi connectivity index (χ0) is 13.5. The molecule has 0 N–H and O–H groups in total. The average Bonchev–Trinajstić information content (AvgIpc) is 2.47. The highest BCUT2D eigenvalue weighted by Gasteiger charge is 2.30. The van der Waals surface area contributed by atoms with E-state index in [2.05, 4.69) is 26.0 Å². The average molecular weight is 264 g/mol. The van der Waals surface area contributed by atoms with Gasteiger partial charge in [0, 0.05) is 6.61 Å². The van der Waals surface area contributed by atoms with Gasteiger partial charge in [-0.3, -0.25) is 0 Å². The molecule has 0 radical (unpaired) electrons. The third-order valence-corrected chi connectivity index (χ3v) is 5.25. The smallest absolute Gasteiger partial charge is 0.0575 e. The minimum absolute atomic E-state index is 0.574. The maximum atomic E-state index is 5.77. The van der Waals surface area contributed by atoms with Crippen LogP contribution >= 0.6 is 0 Å². The molecule has 2 fully saturated rings. The summed E-state index contributed by atoms with van der Waals surface area (Å²) in [6, 6.07) is 0. The Bertz CT molecular complexity index is 255. The van der Waals surface area contributed by atoms with Crippen molar-refractivity contribution in [2.45, 2.75) is 77.7 Å². The largest absolute Gasteiger partial charge is 0.379 e. The molecule has 0 aliphatic heterocycles. The summed E-state index contributed by atoms with van der Waals surface area (Å²) in [5.41, 5.74) is 0. The third kappa shape index (κ3) is 4.63. The molecule has 2 aliphatic carbocycles. The second-order valence-corrected chi connectivity index (χ2v) is 6.50. The van der Waals surface area contributed by atoms with Gasteiger partial charge in [0.25, 0.3) is 0 Å². The Morgan fingerprint density at radius 3 is 1.95 bits per heavy atom. The highest BCUT2D eigenvalue weighted by atomic mass is 16.5. The molecule has 0 amide bonds. The van der Waals surface area contributed by atoms with Crippen LogP contribution in [0.5, 0.6) is 0 Å². The van der Waals surface area contributed by atoms with E-state index >= 15 is 0 Å². The van der Waals surface area contributed by atoms with Crippen LogP contribution in [0.3, 0.4) is 0 Å². The van der Waals surface area contributed by atoms with Crippen molar-refractivity contribution in [1.29, 1.82) is 0 Å². The lowest BCUT2D eigenvalue weighted by atomic mass is 9.70. The van der Waals surface area contributed by atoms with Crippen molar-refractivity contribution in [3.05, 3.63) is 12.2 Å². The summed E-state index contributed by atoms with van der Waals surface area (Å²) < 4.78 is 5.77. The van der Waals surface area contributed by atoms with Gasteiger partial charge in [-0.15, -0.1) is 0 Å². The van der Waals surface area contributed by atoms with E-state index in [0.717, 1.165) is 24.4 Å². The second kappa shape index (κ2) is 8.09. The van der Waals surface area contributed by atoms with E-state index < -0.39 is 0 Å². The Hall–Kier alpha value is -0.300. The molecule has 2 rings (SSSR count). The summed E-state index contributed by atoms with van der Waals surface area (Å²) >= 11 is 0. The normalized spacial score (nSPS) is 36.7. The highest BCUT2D eigenvalue weighted by Crippen LogP contribution is 2.40. The van der Waals surface area contributed by atoms with E-state index in [1.165, 1.54) is 57.8 Å². The van der Waals surface area contributed by atoms with Gasteiger partial charge < -0.3 is 4.74 Å². The van der Waals surface area contributed by atoms with Crippen molar-refractivity contribution < 1.29 is 4.74 Å². The fourth-order valence-corrected chi connectivity index (χ4v) is 4.10. The predicted octanol–water partition coefficient (Wildman–Crippen LogP) is 5.35. The Balaban J connectivity index is 1.69. The predicted molar refractivity (Wildman–Crippen MR) is 82.3 cm³/mol. The maximum absolute atomic E-state index is 5.77. The molecule has 0 aromatic carbocycles. The number of hydrogen-bond acceptors (Lipinski definition) is 1. The first-order chi connectivity index (χ1) is 9.33. The van der Waals surface area contributed by atoms with Gasteiger partial charge in [0.2, 0.25) is 0 Å². The van der Waals surface area contributed by atoms with E-state index in [4.69, 9.17) is 4.74 Å². The van der Waals surface area contributed by atoms with Crippen LogP contribution in [0.4, 0.5) is 0 Å². The standard InChI is InChI=1S/C18H32O/c1-3-5-6-15-7-9-16(10-8-15)17-11-13-18(14-12-17)19-4-2/h5-6,15-18H,3-4,7-14H2,1-2H3. The van der Waals surface area contributed by atoms with Crippen LogP contribution < -0.4 is 0 Å². The zero-order valence-electron chi connectivity index (χ0n) is 12.9. The van der Waals surface area contributed by atoms with Crippen LogP contribution in [0.2, 0.25) is 0 Å². The summed E-state index contributed by atoms with van der Waals surface area (Å²) in [6.07, 6.45) is 17.9. The van der Waals surface area contributed by atoms with Crippen molar-refractivity contribution in [3.8, 4) is 0 Å². The van der Waals surface area contributed by atoms with Crippen LogP contribution in [0.1, 0.15) is 71.6 Å². The first kappa shape index (κ1) is 15.1. The van der Waals surface area contributed by atoms with Crippen molar-refractivity contribution in [2.24, 2.45) is 17.8 Å². The van der Waals surface area contributed by atoms with Crippen LogP contribution in [-0.4, -0.2) is 12.7 Å². The molecule has 0 heterocycles. The molecule has 0 aromatic heterocycles. The summed E-state index contributed by atoms with van der Waals surface area (Å²) in [7, 11) is 0. The molecule has 0 aromatic rings. The van der Waals surface area contributed by atoms with Gasteiger partial charge >= 0.3 is 0 Å². The quantitative estimate of drug-likeness (QED) is 0.608. The molecule has 0 unspecified atom stereocenters. The molecule has 2 saturated carbocycles.